The van der Waals surface area contributed by atoms with Gasteiger partial charge in [0.1, 0.15) is 17.0 Å². The Labute approximate surface area is 175 Å². The third kappa shape index (κ3) is 6.62. The van der Waals surface area contributed by atoms with Gasteiger partial charge in [-0.25, -0.2) is 9.59 Å². The maximum absolute atomic E-state index is 12.8. The summed E-state index contributed by atoms with van der Waals surface area (Å²) in [4.78, 5) is 26.3. The van der Waals surface area contributed by atoms with Crippen molar-refractivity contribution in [2.24, 2.45) is 0 Å². The Balaban J connectivity index is 2.35. The normalized spacial score (nSPS) is 12.0. The molecule has 2 rings (SSSR count). The van der Waals surface area contributed by atoms with Gasteiger partial charge in [-0.2, -0.15) is 4.90 Å². The summed E-state index contributed by atoms with van der Waals surface area (Å²) in [7, 11) is 0. The van der Waals surface area contributed by atoms with Crippen LogP contribution in [0.5, 0.6) is 5.75 Å². The van der Waals surface area contributed by atoms with Crippen LogP contribution in [0.25, 0.3) is 11.0 Å². The van der Waals surface area contributed by atoms with E-state index in [9.17, 15) is 9.59 Å². The van der Waals surface area contributed by atoms with Crippen molar-refractivity contribution in [1.82, 2.24) is 5.16 Å². The van der Waals surface area contributed by atoms with Crippen LogP contribution in [-0.4, -0.2) is 46.9 Å². The number of amides is 2. The minimum Gasteiger partial charge on any atom is -0.493 e. The number of aliphatic hydroxyl groups is 1. The van der Waals surface area contributed by atoms with E-state index in [1.807, 2.05) is 0 Å². The molecule has 0 spiro atoms. The highest BCUT2D eigenvalue weighted by molar-refractivity contribution is 6.13. The number of ether oxygens (including phenoxy) is 3. The van der Waals surface area contributed by atoms with Crippen molar-refractivity contribution in [1.29, 1.82) is 0 Å². The number of benzene rings is 1. The second-order valence-corrected chi connectivity index (χ2v) is 8.74. The van der Waals surface area contributed by atoms with E-state index in [-0.39, 0.29) is 12.4 Å². The zero-order chi connectivity index (χ0) is 22.5. The summed E-state index contributed by atoms with van der Waals surface area (Å²) in [5, 5.41) is 13.2. The predicted octanol–water partition coefficient (Wildman–Crippen LogP) is 4.66. The third-order valence-electron chi connectivity index (χ3n) is 3.61. The Morgan fingerprint density at radius 1 is 1.03 bits per heavy atom. The van der Waals surface area contributed by atoms with E-state index in [1.54, 1.807) is 59.7 Å². The molecule has 0 saturated carbocycles. The highest BCUT2D eigenvalue weighted by Gasteiger charge is 2.35. The fourth-order valence-electron chi connectivity index (χ4n) is 2.42. The molecule has 0 unspecified atom stereocenters. The van der Waals surface area contributed by atoms with E-state index in [1.165, 1.54) is 0 Å². The number of hydrogen-bond acceptors (Lipinski definition) is 8. The van der Waals surface area contributed by atoms with E-state index in [0.29, 0.717) is 36.2 Å². The summed E-state index contributed by atoms with van der Waals surface area (Å²) < 4.78 is 21.7. The van der Waals surface area contributed by atoms with Crippen LogP contribution in [-0.2, 0) is 9.47 Å². The number of imide groups is 1. The summed E-state index contributed by atoms with van der Waals surface area (Å²) in [5.41, 5.74) is -1.32. The van der Waals surface area contributed by atoms with Crippen LogP contribution < -0.4 is 9.64 Å². The Kier molecular flexibility index (Phi) is 7.30. The van der Waals surface area contributed by atoms with Crippen LogP contribution in [0.2, 0.25) is 0 Å². The maximum Gasteiger partial charge on any atom is 0.425 e. The summed E-state index contributed by atoms with van der Waals surface area (Å²) in [6.45, 7) is 10.7. The van der Waals surface area contributed by atoms with Gasteiger partial charge in [0.05, 0.1) is 12.0 Å². The predicted molar refractivity (Wildman–Crippen MR) is 111 cm³/mol. The molecule has 0 bridgehead atoms. The molecular weight excluding hydrogens is 392 g/mol. The van der Waals surface area contributed by atoms with Gasteiger partial charge in [-0.3, -0.25) is 0 Å². The minimum absolute atomic E-state index is 0.0275. The highest BCUT2D eigenvalue weighted by atomic mass is 16.6. The molecule has 30 heavy (non-hydrogen) atoms. The summed E-state index contributed by atoms with van der Waals surface area (Å²) in [6.07, 6.45) is -0.482. The second kappa shape index (κ2) is 9.34. The first kappa shape index (κ1) is 23.5. The number of unbranched alkanes of at least 4 members (excludes halogenated alkanes) is 1. The smallest absolute Gasteiger partial charge is 0.425 e. The molecule has 1 heterocycles. The molecule has 1 aromatic carbocycles. The molecule has 0 aliphatic rings. The van der Waals surface area contributed by atoms with E-state index in [0.717, 1.165) is 4.90 Å². The Morgan fingerprint density at radius 3 is 2.17 bits per heavy atom. The highest BCUT2D eigenvalue weighted by Crippen LogP contribution is 2.31. The zero-order valence-corrected chi connectivity index (χ0v) is 18.4. The summed E-state index contributed by atoms with van der Waals surface area (Å²) >= 11 is 0. The number of aliphatic hydroxyl groups excluding tert-OH is 1. The fraction of sp³-hybridized carbons (Fsp3) is 0.571. The number of carbonyl (C=O) groups is 2. The molecule has 0 radical (unpaired) electrons. The number of hydrogen-bond donors (Lipinski definition) is 1. The Bertz CT molecular complexity index is 850. The first-order chi connectivity index (χ1) is 13.9. The molecule has 0 fully saturated rings. The molecule has 9 nitrogen and oxygen atoms in total. The molecule has 2 aromatic rings. The molecule has 0 atom stereocenters. The van der Waals surface area contributed by atoms with Crippen LogP contribution in [0, 0.1) is 0 Å². The van der Waals surface area contributed by atoms with E-state index in [2.05, 4.69) is 5.16 Å². The molecular formula is C21H30N2O7. The number of aromatic nitrogens is 1. The van der Waals surface area contributed by atoms with Gasteiger partial charge in [0.25, 0.3) is 0 Å². The van der Waals surface area contributed by atoms with E-state index in [4.69, 9.17) is 23.8 Å². The number of carbonyl (C=O) groups excluding carboxylic acids is 2. The van der Waals surface area contributed by atoms with Gasteiger partial charge < -0.3 is 23.8 Å². The van der Waals surface area contributed by atoms with Gasteiger partial charge in [-0.15, -0.1) is 0 Å². The number of nitrogens with zero attached hydrogens (tertiary/aromatic N) is 2. The quantitative estimate of drug-likeness (QED) is 0.669. The first-order valence-corrected chi connectivity index (χ1v) is 9.80. The Morgan fingerprint density at radius 2 is 1.63 bits per heavy atom. The van der Waals surface area contributed by atoms with Gasteiger partial charge >= 0.3 is 12.2 Å². The average molecular weight is 422 g/mol. The lowest BCUT2D eigenvalue weighted by Crippen LogP contribution is -2.44. The van der Waals surface area contributed by atoms with E-state index < -0.39 is 23.4 Å². The minimum atomic E-state index is -0.920. The van der Waals surface area contributed by atoms with Crippen molar-refractivity contribution < 1.29 is 33.4 Å². The van der Waals surface area contributed by atoms with E-state index >= 15 is 0 Å². The molecule has 0 saturated heterocycles. The lowest BCUT2D eigenvalue weighted by Gasteiger charge is -2.27. The molecule has 2 amide bonds. The third-order valence-corrected chi connectivity index (χ3v) is 3.61. The molecule has 0 aliphatic heterocycles. The second-order valence-electron chi connectivity index (χ2n) is 8.74. The standard InChI is InChI=1S/C21H30N2O7/c1-20(2,3)28-18(25)23(19(26)29-21(4,5)6)17-15-10-9-14(13-16(15)30-22-17)27-12-8-7-11-24/h9-10,13,24H,7-8,11-12H2,1-6H3. The first-order valence-electron chi connectivity index (χ1n) is 9.80. The molecule has 0 aliphatic carbocycles. The fourth-order valence-corrected chi connectivity index (χ4v) is 2.42. The average Bonchev–Trinajstić information content (AvgIpc) is 2.99. The van der Waals surface area contributed by atoms with Crippen molar-refractivity contribution in [3.8, 4) is 5.75 Å². The van der Waals surface area contributed by atoms with Gasteiger partial charge in [0.15, 0.2) is 11.4 Å². The molecule has 9 heteroatoms. The van der Waals surface area contributed by atoms with Crippen LogP contribution in [0.1, 0.15) is 54.4 Å². The maximum atomic E-state index is 12.8. The van der Waals surface area contributed by atoms with Gasteiger partial charge in [0.2, 0.25) is 0 Å². The molecule has 166 valence electrons. The lowest BCUT2D eigenvalue weighted by atomic mass is 10.2. The van der Waals surface area contributed by atoms with Crippen molar-refractivity contribution in [3.63, 3.8) is 0 Å². The van der Waals surface area contributed by atoms with Gasteiger partial charge in [0, 0.05) is 12.7 Å². The lowest BCUT2D eigenvalue weighted by molar-refractivity contribution is 0.0428. The van der Waals surface area contributed by atoms with Crippen LogP contribution in [0.3, 0.4) is 0 Å². The van der Waals surface area contributed by atoms with Gasteiger partial charge in [-0.05, 0) is 66.5 Å². The van der Waals surface area contributed by atoms with Crippen LogP contribution >= 0.6 is 0 Å². The van der Waals surface area contributed by atoms with Gasteiger partial charge in [-0.1, -0.05) is 5.16 Å². The van der Waals surface area contributed by atoms with Crippen molar-refractivity contribution in [2.45, 2.75) is 65.6 Å². The zero-order valence-electron chi connectivity index (χ0n) is 18.4. The monoisotopic (exact) mass is 422 g/mol. The van der Waals surface area contributed by atoms with Crippen LogP contribution in [0.15, 0.2) is 22.7 Å². The number of fused-ring (bicyclic) bond motifs is 1. The topological polar surface area (TPSA) is 111 Å². The molecule has 1 N–H and O–H groups in total. The summed E-state index contributed by atoms with van der Waals surface area (Å²) in [6, 6.07) is 4.95. The Hall–Kier alpha value is -2.81. The van der Waals surface area contributed by atoms with Crippen molar-refractivity contribution in [3.05, 3.63) is 18.2 Å². The largest absolute Gasteiger partial charge is 0.493 e. The van der Waals surface area contributed by atoms with Crippen molar-refractivity contribution >= 4 is 29.0 Å². The molecule has 1 aromatic heterocycles. The van der Waals surface area contributed by atoms with Crippen molar-refractivity contribution in [2.75, 3.05) is 18.1 Å². The van der Waals surface area contributed by atoms with Crippen LogP contribution in [0.4, 0.5) is 15.4 Å². The number of anilines is 1. The summed E-state index contributed by atoms with van der Waals surface area (Å²) in [5.74, 6) is 0.518. The number of rotatable bonds is 6. The SMILES string of the molecule is CC(C)(C)OC(=O)N(C(=O)OC(C)(C)C)c1noc2cc(OCCCCO)ccc12.